The zero-order valence-electron chi connectivity index (χ0n) is 17.8. The quantitative estimate of drug-likeness (QED) is 0.722. The number of ether oxygens (including phenoxy) is 1. The zero-order chi connectivity index (χ0) is 21.1. The first-order valence-electron chi connectivity index (χ1n) is 10.7. The molecule has 1 fully saturated rings. The molecule has 0 N–H and O–H groups in total. The van der Waals surface area contributed by atoms with Crippen molar-refractivity contribution < 1.29 is 9.13 Å². The number of morpholine rings is 1. The summed E-state index contributed by atoms with van der Waals surface area (Å²) in [6, 6.07) is 6.38. The molecule has 0 unspecified atom stereocenters. The van der Waals surface area contributed by atoms with Crippen molar-refractivity contribution in [2.45, 2.75) is 33.4 Å². The Morgan fingerprint density at radius 3 is 2.47 bits per heavy atom. The summed E-state index contributed by atoms with van der Waals surface area (Å²) < 4.78 is 20.7. The van der Waals surface area contributed by atoms with Crippen molar-refractivity contribution >= 4 is 11.6 Å². The molecule has 2 aromatic rings. The summed E-state index contributed by atoms with van der Waals surface area (Å²) in [5, 5.41) is 0. The van der Waals surface area contributed by atoms with Crippen LogP contribution >= 0.6 is 0 Å². The highest BCUT2D eigenvalue weighted by atomic mass is 19.1. The first-order chi connectivity index (χ1) is 14.6. The second-order valence-electron chi connectivity index (χ2n) is 7.95. The predicted molar refractivity (Wildman–Crippen MR) is 115 cm³/mol. The maximum atomic E-state index is 13.5. The number of hydrogen-bond donors (Lipinski definition) is 0. The van der Waals surface area contributed by atoms with E-state index in [2.05, 4.69) is 9.80 Å². The molecule has 30 heavy (non-hydrogen) atoms. The van der Waals surface area contributed by atoms with Crippen molar-refractivity contribution in [3.8, 4) is 0 Å². The standard InChI is InChI=1S/C22H30FN5O2/c1-3-20-17(2)24-22-27(19-7-5-18(23)6-8-19)15-26(16-28(22)21(20)29)10-4-9-25-11-13-30-14-12-25/h5-8H,3-4,9-16H2,1-2H3. The normalized spacial score (nSPS) is 17.9. The van der Waals surface area contributed by atoms with Crippen LogP contribution in [0.3, 0.4) is 0 Å². The number of hydrogen-bond acceptors (Lipinski definition) is 6. The van der Waals surface area contributed by atoms with E-state index < -0.39 is 0 Å². The Hall–Kier alpha value is -2.29. The Balaban J connectivity index is 1.58. The highest BCUT2D eigenvalue weighted by molar-refractivity contribution is 5.58. The van der Waals surface area contributed by atoms with E-state index in [0.29, 0.717) is 25.7 Å². The second-order valence-corrected chi connectivity index (χ2v) is 7.95. The molecule has 7 nitrogen and oxygen atoms in total. The summed E-state index contributed by atoms with van der Waals surface area (Å²) in [6.07, 6.45) is 1.67. The van der Waals surface area contributed by atoms with Crippen LogP contribution in [-0.2, 0) is 17.8 Å². The fourth-order valence-electron chi connectivity index (χ4n) is 4.24. The van der Waals surface area contributed by atoms with Crippen LogP contribution in [0.1, 0.15) is 24.6 Å². The third kappa shape index (κ3) is 4.40. The third-order valence-corrected chi connectivity index (χ3v) is 5.92. The number of anilines is 2. The van der Waals surface area contributed by atoms with Gasteiger partial charge in [0.05, 0.1) is 26.6 Å². The maximum absolute atomic E-state index is 13.5. The van der Waals surface area contributed by atoms with Gasteiger partial charge in [0.25, 0.3) is 5.56 Å². The third-order valence-electron chi connectivity index (χ3n) is 5.92. The summed E-state index contributed by atoms with van der Waals surface area (Å²) >= 11 is 0. The van der Waals surface area contributed by atoms with Crippen molar-refractivity contribution in [3.63, 3.8) is 0 Å². The van der Waals surface area contributed by atoms with E-state index in [1.807, 2.05) is 18.7 Å². The van der Waals surface area contributed by atoms with Crippen LogP contribution in [0, 0.1) is 12.7 Å². The number of fused-ring (bicyclic) bond motifs is 1. The van der Waals surface area contributed by atoms with E-state index in [9.17, 15) is 9.18 Å². The minimum absolute atomic E-state index is 0.0185. The lowest BCUT2D eigenvalue weighted by Crippen LogP contribution is -2.48. The van der Waals surface area contributed by atoms with Gasteiger partial charge in [-0.2, -0.15) is 0 Å². The zero-order valence-corrected chi connectivity index (χ0v) is 17.8. The van der Waals surface area contributed by atoms with Gasteiger partial charge >= 0.3 is 0 Å². The van der Waals surface area contributed by atoms with Crippen molar-refractivity contribution in [1.82, 2.24) is 19.4 Å². The molecule has 162 valence electrons. The molecular formula is C22H30FN5O2. The van der Waals surface area contributed by atoms with E-state index in [1.54, 1.807) is 16.7 Å². The first-order valence-corrected chi connectivity index (χ1v) is 10.7. The van der Waals surface area contributed by atoms with Crippen LogP contribution in [0.2, 0.25) is 0 Å². The lowest BCUT2D eigenvalue weighted by Gasteiger charge is -2.38. The molecule has 3 heterocycles. The van der Waals surface area contributed by atoms with Gasteiger partial charge in [-0.25, -0.2) is 9.37 Å². The van der Waals surface area contributed by atoms with Gasteiger partial charge in [0.1, 0.15) is 5.82 Å². The molecule has 4 rings (SSSR count). The summed E-state index contributed by atoms with van der Waals surface area (Å²) in [7, 11) is 0. The summed E-state index contributed by atoms with van der Waals surface area (Å²) in [5.74, 6) is 0.353. The Bertz CT molecular complexity index is 924. The lowest BCUT2D eigenvalue weighted by molar-refractivity contribution is 0.0354. The van der Waals surface area contributed by atoms with Crippen LogP contribution in [-0.4, -0.2) is 65.4 Å². The molecule has 0 atom stereocenters. The van der Waals surface area contributed by atoms with E-state index in [4.69, 9.17) is 9.72 Å². The average molecular weight is 416 g/mol. The Morgan fingerprint density at radius 1 is 1.07 bits per heavy atom. The molecule has 0 radical (unpaired) electrons. The number of nitrogens with zero attached hydrogens (tertiary/aromatic N) is 5. The molecule has 0 spiro atoms. The van der Waals surface area contributed by atoms with Crippen molar-refractivity contribution in [1.29, 1.82) is 0 Å². The number of rotatable bonds is 6. The number of halogens is 1. The second kappa shape index (κ2) is 9.24. The fourth-order valence-corrected chi connectivity index (χ4v) is 4.24. The molecule has 0 aliphatic carbocycles. The van der Waals surface area contributed by atoms with Crippen molar-refractivity contribution in [2.75, 3.05) is 51.0 Å². The molecule has 0 amide bonds. The molecule has 1 aromatic carbocycles. The predicted octanol–water partition coefficient (Wildman–Crippen LogP) is 2.34. The van der Waals surface area contributed by atoms with E-state index >= 15 is 0 Å². The molecule has 2 aliphatic rings. The van der Waals surface area contributed by atoms with E-state index in [1.165, 1.54) is 12.1 Å². The highest BCUT2D eigenvalue weighted by Crippen LogP contribution is 2.28. The largest absolute Gasteiger partial charge is 0.379 e. The van der Waals surface area contributed by atoms with Crippen molar-refractivity contribution in [3.05, 3.63) is 51.7 Å². The Labute approximate surface area is 176 Å². The van der Waals surface area contributed by atoms with E-state index in [-0.39, 0.29) is 11.4 Å². The smallest absolute Gasteiger partial charge is 0.259 e. The average Bonchev–Trinajstić information content (AvgIpc) is 2.75. The van der Waals surface area contributed by atoms with Gasteiger partial charge in [0.15, 0.2) is 0 Å². The van der Waals surface area contributed by atoms with Crippen molar-refractivity contribution in [2.24, 2.45) is 0 Å². The fraction of sp³-hybridized carbons (Fsp3) is 0.545. The lowest BCUT2D eigenvalue weighted by atomic mass is 10.2. The molecular weight excluding hydrogens is 385 g/mol. The molecule has 0 bridgehead atoms. The first kappa shape index (κ1) is 21.0. The van der Waals surface area contributed by atoms with Gasteiger partial charge in [0.2, 0.25) is 5.95 Å². The van der Waals surface area contributed by atoms with Crippen LogP contribution in [0.4, 0.5) is 16.0 Å². The topological polar surface area (TPSA) is 53.8 Å². The number of benzene rings is 1. The monoisotopic (exact) mass is 415 g/mol. The number of aryl methyl sites for hydroxylation is 1. The van der Waals surface area contributed by atoms with Crippen LogP contribution in [0.25, 0.3) is 0 Å². The highest BCUT2D eigenvalue weighted by Gasteiger charge is 2.27. The van der Waals surface area contributed by atoms with Crippen LogP contribution in [0.5, 0.6) is 0 Å². The SMILES string of the molecule is CCc1c(C)nc2n(c1=O)CN(CCCN1CCOCC1)CN2c1ccc(F)cc1. The summed E-state index contributed by atoms with van der Waals surface area (Å²) in [4.78, 5) is 24.6. The van der Waals surface area contributed by atoms with Gasteiger partial charge in [-0.3, -0.25) is 24.1 Å². The van der Waals surface area contributed by atoms with Gasteiger partial charge in [-0.15, -0.1) is 0 Å². The summed E-state index contributed by atoms with van der Waals surface area (Å²) in [6.45, 7) is 10.5. The minimum atomic E-state index is -0.277. The van der Waals surface area contributed by atoms with Gasteiger partial charge < -0.3 is 4.74 Å². The van der Waals surface area contributed by atoms with Crippen LogP contribution in [0.15, 0.2) is 29.1 Å². The van der Waals surface area contributed by atoms with E-state index in [0.717, 1.165) is 62.8 Å². The Morgan fingerprint density at radius 2 is 1.77 bits per heavy atom. The molecule has 1 saturated heterocycles. The van der Waals surface area contributed by atoms with Gasteiger partial charge in [-0.1, -0.05) is 6.92 Å². The van der Waals surface area contributed by atoms with Gasteiger partial charge in [-0.05, 0) is 50.6 Å². The molecule has 8 heteroatoms. The van der Waals surface area contributed by atoms with Gasteiger partial charge in [0, 0.05) is 36.6 Å². The minimum Gasteiger partial charge on any atom is -0.379 e. The maximum Gasteiger partial charge on any atom is 0.259 e. The number of aromatic nitrogens is 2. The molecule has 1 aromatic heterocycles. The Kier molecular flexibility index (Phi) is 6.46. The van der Waals surface area contributed by atoms with Crippen LogP contribution < -0.4 is 10.5 Å². The molecule has 0 saturated carbocycles. The molecule has 2 aliphatic heterocycles. The summed E-state index contributed by atoms with van der Waals surface area (Å²) in [5.41, 5.74) is 2.37.